The van der Waals surface area contributed by atoms with Crippen LogP contribution in [0.15, 0.2) is 42.5 Å². The molecule has 0 radical (unpaired) electrons. The zero-order valence-electron chi connectivity index (χ0n) is 11.6. The van der Waals surface area contributed by atoms with Gasteiger partial charge < -0.3 is 5.73 Å². The molecule has 0 bridgehead atoms. The van der Waals surface area contributed by atoms with Gasteiger partial charge >= 0.3 is 0 Å². The molecule has 1 nitrogen and oxygen atoms in total. The third-order valence-corrected chi connectivity index (χ3v) is 4.05. The van der Waals surface area contributed by atoms with E-state index in [1.807, 2.05) is 6.07 Å². The Morgan fingerprint density at radius 3 is 2.50 bits per heavy atom. The van der Waals surface area contributed by atoms with Gasteiger partial charge in [0.2, 0.25) is 0 Å². The second-order valence-corrected chi connectivity index (χ2v) is 5.75. The summed E-state index contributed by atoms with van der Waals surface area (Å²) in [4.78, 5) is 0. The first-order valence-corrected chi connectivity index (χ1v) is 7.31. The summed E-state index contributed by atoms with van der Waals surface area (Å²) in [6, 6.07) is 13.5. The maximum atomic E-state index is 13.2. The molecule has 2 heteroatoms. The van der Waals surface area contributed by atoms with Crippen LogP contribution >= 0.6 is 0 Å². The van der Waals surface area contributed by atoms with E-state index in [0.717, 1.165) is 18.4 Å². The van der Waals surface area contributed by atoms with Crippen LogP contribution in [-0.4, -0.2) is 6.04 Å². The summed E-state index contributed by atoms with van der Waals surface area (Å²) < 4.78 is 13.2. The molecule has 0 saturated carbocycles. The van der Waals surface area contributed by atoms with Crippen molar-refractivity contribution in [2.24, 2.45) is 5.73 Å². The first-order chi connectivity index (χ1) is 9.70. The number of halogens is 1. The van der Waals surface area contributed by atoms with Gasteiger partial charge in [0.15, 0.2) is 0 Å². The normalized spacial score (nSPS) is 15.1. The van der Waals surface area contributed by atoms with Crippen molar-refractivity contribution in [1.29, 1.82) is 0 Å². The maximum Gasteiger partial charge on any atom is 0.123 e. The molecule has 2 aromatic rings. The van der Waals surface area contributed by atoms with E-state index in [9.17, 15) is 4.39 Å². The largest absolute Gasteiger partial charge is 0.327 e. The molecule has 104 valence electrons. The highest BCUT2D eigenvalue weighted by atomic mass is 19.1. The Morgan fingerprint density at radius 1 is 0.950 bits per heavy atom. The summed E-state index contributed by atoms with van der Waals surface area (Å²) in [5.41, 5.74) is 11.5. The molecule has 0 fully saturated rings. The van der Waals surface area contributed by atoms with Gasteiger partial charge in [-0.05, 0) is 66.5 Å². The molecule has 0 spiro atoms. The molecule has 0 saturated heterocycles. The summed E-state index contributed by atoms with van der Waals surface area (Å²) >= 11 is 0. The minimum atomic E-state index is -0.188. The van der Waals surface area contributed by atoms with Crippen LogP contribution in [0.3, 0.4) is 0 Å². The van der Waals surface area contributed by atoms with Gasteiger partial charge in [-0.25, -0.2) is 4.39 Å². The fourth-order valence-electron chi connectivity index (χ4n) is 3.09. The van der Waals surface area contributed by atoms with Crippen molar-refractivity contribution in [3.8, 4) is 0 Å². The minimum absolute atomic E-state index is 0.0382. The monoisotopic (exact) mass is 269 g/mol. The van der Waals surface area contributed by atoms with Crippen molar-refractivity contribution in [3.63, 3.8) is 0 Å². The molecule has 2 N–H and O–H groups in total. The first-order valence-electron chi connectivity index (χ1n) is 7.31. The minimum Gasteiger partial charge on any atom is -0.327 e. The molecule has 2 aromatic carbocycles. The van der Waals surface area contributed by atoms with Crippen LogP contribution in [0.4, 0.5) is 4.39 Å². The Kier molecular flexibility index (Phi) is 3.83. The predicted molar refractivity (Wildman–Crippen MR) is 80.3 cm³/mol. The standard InChI is InChI=1S/C18H20FN/c19-17-6-1-3-13(10-17)11-18(20)12-14-7-8-15-4-2-5-16(15)9-14/h1,3,6-10,18H,2,4-5,11-12,20H2. The van der Waals surface area contributed by atoms with E-state index in [1.165, 1.54) is 42.0 Å². The van der Waals surface area contributed by atoms with Gasteiger partial charge in [0.1, 0.15) is 5.82 Å². The lowest BCUT2D eigenvalue weighted by Crippen LogP contribution is -2.25. The van der Waals surface area contributed by atoms with Crippen molar-refractivity contribution in [1.82, 2.24) is 0 Å². The summed E-state index contributed by atoms with van der Waals surface area (Å²) in [5, 5.41) is 0. The molecule has 0 amide bonds. The fraction of sp³-hybridized carbons (Fsp3) is 0.333. The topological polar surface area (TPSA) is 26.0 Å². The highest BCUT2D eigenvalue weighted by Crippen LogP contribution is 2.23. The Bertz CT molecular complexity index is 606. The lowest BCUT2D eigenvalue weighted by molar-refractivity contribution is 0.618. The van der Waals surface area contributed by atoms with Gasteiger partial charge in [0.05, 0.1) is 0 Å². The molecule has 20 heavy (non-hydrogen) atoms. The molecule has 1 aliphatic rings. The lowest BCUT2D eigenvalue weighted by atomic mass is 9.97. The number of fused-ring (bicyclic) bond motifs is 1. The van der Waals surface area contributed by atoms with Crippen molar-refractivity contribution in [2.75, 3.05) is 0 Å². The third kappa shape index (κ3) is 3.07. The van der Waals surface area contributed by atoms with E-state index in [1.54, 1.807) is 12.1 Å². The van der Waals surface area contributed by atoms with Gasteiger partial charge in [0.25, 0.3) is 0 Å². The Morgan fingerprint density at radius 2 is 1.70 bits per heavy atom. The summed E-state index contributed by atoms with van der Waals surface area (Å²) in [7, 11) is 0. The second-order valence-electron chi connectivity index (χ2n) is 5.75. The van der Waals surface area contributed by atoms with E-state index in [4.69, 9.17) is 5.73 Å². The first kappa shape index (κ1) is 13.3. The van der Waals surface area contributed by atoms with Crippen LogP contribution < -0.4 is 5.73 Å². The molecule has 3 rings (SSSR count). The second kappa shape index (κ2) is 5.76. The predicted octanol–water partition coefficient (Wildman–Crippen LogP) is 3.43. The number of aryl methyl sites for hydroxylation is 2. The van der Waals surface area contributed by atoms with Crippen LogP contribution in [0.1, 0.15) is 28.7 Å². The molecule has 1 unspecified atom stereocenters. The Hall–Kier alpha value is -1.67. The van der Waals surface area contributed by atoms with Crippen molar-refractivity contribution in [3.05, 3.63) is 70.5 Å². The molecule has 1 aliphatic carbocycles. The van der Waals surface area contributed by atoms with E-state index in [2.05, 4.69) is 18.2 Å². The van der Waals surface area contributed by atoms with Gasteiger partial charge in [0, 0.05) is 6.04 Å². The van der Waals surface area contributed by atoms with Crippen LogP contribution in [-0.2, 0) is 25.7 Å². The fourth-order valence-corrected chi connectivity index (χ4v) is 3.09. The Labute approximate surface area is 119 Å². The van der Waals surface area contributed by atoms with E-state index in [0.29, 0.717) is 0 Å². The van der Waals surface area contributed by atoms with Crippen LogP contribution in [0, 0.1) is 5.82 Å². The van der Waals surface area contributed by atoms with Gasteiger partial charge in [-0.1, -0.05) is 30.3 Å². The van der Waals surface area contributed by atoms with Gasteiger partial charge in [-0.15, -0.1) is 0 Å². The van der Waals surface area contributed by atoms with E-state index in [-0.39, 0.29) is 11.9 Å². The lowest BCUT2D eigenvalue weighted by Gasteiger charge is -2.13. The molecule has 1 atom stereocenters. The van der Waals surface area contributed by atoms with Crippen LogP contribution in [0.25, 0.3) is 0 Å². The van der Waals surface area contributed by atoms with Crippen molar-refractivity contribution in [2.45, 2.75) is 38.1 Å². The molecule has 0 aromatic heterocycles. The number of hydrogen-bond acceptors (Lipinski definition) is 1. The van der Waals surface area contributed by atoms with E-state index < -0.39 is 0 Å². The number of nitrogens with two attached hydrogens (primary N) is 1. The zero-order valence-corrected chi connectivity index (χ0v) is 11.6. The quantitative estimate of drug-likeness (QED) is 0.904. The number of benzene rings is 2. The maximum absolute atomic E-state index is 13.2. The van der Waals surface area contributed by atoms with Crippen LogP contribution in [0.5, 0.6) is 0 Å². The molecule has 0 aliphatic heterocycles. The Balaban J connectivity index is 1.65. The zero-order chi connectivity index (χ0) is 13.9. The third-order valence-electron chi connectivity index (χ3n) is 4.05. The summed E-state index contributed by atoms with van der Waals surface area (Å²) in [6.07, 6.45) is 5.25. The number of rotatable bonds is 4. The van der Waals surface area contributed by atoms with Gasteiger partial charge in [-0.3, -0.25) is 0 Å². The highest BCUT2D eigenvalue weighted by Gasteiger charge is 2.12. The van der Waals surface area contributed by atoms with Crippen molar-refractivity contribution < 1.29 is 4.39 Å². The van der Waals surface area contributed by atoms with Gasteiger partial charge in [-0.2, -0.15) is 0 Å². The van der Waals surface area contributed by atoms with Crippen molar-refractivity contribution >= 4 is 0 Å². The highest BCUT2D eigenvalue weighted by molar-refractivity contribution is 5.35. The number of hydrogen-bond donors (Lipinski definition) is 1. The smallest absolute Gasteiger partial charge is 0.123 e. The molecular formula is C18H20FN. The average molecular weight is 269 g/mol. The van der Waals surface area contributed by atoms with E-state index >= 15 is 0 Å². The molecular weight excluding hydrogens is 249 g/mol. The molecule has 0 heterocycles. The van der Waals surface area contributed by atoms with Crippen LogP contribution in [0.2, 0.25) is 0 Å². The summed E-state index contributed by atoms with van der Waals surface area (Å²) in [5.74, 6) is -0.188. The summed E-state index contributed by atoms with van der Waals surface area (Å²) in [6.45, 7) is 0. The SMILES string of the molecule is NC(Cc1cccc(F)c1)Cc1ccc2c(c1)CCC2. The average Bonchev–Trinajstić information content (AvgIpc) is 2.86.